The summed E-state index contributed by atoms with van der Waals surface area (Å²) < 4.78 is 5.08. The molecule has 31 heavy (non-hydrogen) atoms. The van der Waals surface area contributed by atoms with Crippen LogP contribution in [0.15, 0.2) is 70.4 Å². The maximum atomic E-state index is 12.8. The van der Waals surface area contributed by atoms with Gasteiger partial charge in [-0.1, -0.05) is 40.9 Å². The van der Waals surface area contributed by atoms with Gasteiger partial charge in [-0.05, 0) is 53.6 Å². The Bertz CT molecular complexity index is 1030. The summed E-state index contributed by atoms with van der Waals surface area (Å²) in [6.45, 7) is 0.214. The number of benzene rings is 2. The number of hydrogen-bond donors (Lipinski definition) is 2. The lowest BCUT2D eigenvalue weighted by Gasteiger charge is -2.18. The number of rotatable bonds is 9. The van der Waals surface area contributed by atoms with Crippen molar-refractivity contribution in [2.45, 2.75) is 23.9 Å². The highest BCUT2D eigenvalue weighted by Crippen LogP contribution is 2.21. The van der Waals surface area contributed by atoms with Gasteiger partial charge in [-0.25, -0.2) is 0 Å². The quantitative estimate of drug-likeness (QED) is 0.390. The number of amides is 2. The largest absolute Gasteiger partial charge is 0.472 e. The van der Waals surface area contributed by atoms with Crippen LogP contribution in [-0.4, -0.2) is 23.6 Å². The molecule has 0 fully saturated rings. The zero-order valence-corrected chi connectivity index (χ0v) is 19.3. The zero-order chi connectivity index (χ0) is 22.2. The number of thioether (sulfide) groups is 1. The lowest BCUT2D eigenvalue weighted by molar-refractivity contribution is -0.128. The second-order valence-corrected chi connectivity index (χ2v) is 8.98. The summed E-state index contributed by atoms with van der Waals surface area (Å²) in [5, 5.41) is 7.24. The van der Waals surface area contributed by atoms with Crippen LogP contribution in [0.1, 0.15) is 11.1 Å². The molecule has 1 aromatic heterocycles. The third kappa shape index (κ3) is 7.51. The van der Waals surface area contributed by atoms with Crippen molar-refractivity contribution in [2.75, 3.05) is 5.75 Å². The molecular weight excluding hydrogens is 479 g/mol. The fourth-order valence-corrected chi connectivity index (χ4v) is 4.05. The average Bonchev–Trinajstić information content (AvgIpc) is 3.25. The maximum absolute atomic E-state index is 12.8. The van der Waals surface area contributed by atoms with Crippen molar-refractivity contribution in [2.24, 2.45) is 0 Å². The van der Waals surface area contributed by atoms with Crippen molar-refractivity contribution >= 4 is 58.4 Å². The van der Waals surface area contributed by atoms with Gasteiger partial charge in [0.15, 0.2) is 0 Å². The van der Waals surface area contributed by atoms with Crippen LogP contribution in [0.25, 0.3) is 0 Å². The summed E-state index contributed by atoms with van der Waals surface area (Å²) in [5.41, 5.74) is 1.53. The standard InChI is InChI=1S/C22H19Cl3N2O3S/c23-16-3-5-18(6-4-16)31-13-21(28)27-20(9-14-7-8-30-12-14)22(29)26-11-15-1-2-17(24)10-19(15)25/h1-8,10,12,20H,9,11,13H2,(H,26,29)(H,27,28). The topological polar surface area (TPSA) is 71.3 Å². The molecule has 0 bridgehead atoms. The van der Waals surface area contributed by atoms with E-state index < -0.39 is 6.04 Å². The minimum atomic E-state index is -0.762. The summed E-state index contributed by atoms with van der Waals surface area (Å²) >= 11 is 19.3. The van der Waals surface area contributed by atoms with E-state index in [1.165, 1.54) is 18.0 Å². The van der Waals surface area contributed by atoms with E-state index in [9.17, 15) is 9.59 Å². The molecule has 162 valence electrons. The Labute approximate surface area is 199 Å². The second kappa shape index (κ2) is 11.5. The molecule has 0 spiro atoms. The predicted molar refractivity (Wildman–Crippen MR) is 125 cm³/mol. The van der Waals surface area contributed by atoms with E-state index in [1.807, 2.05) is 12.1 Å². The molecule has 0 aliphatic rings. The third-order valence-electron chi connectivity index (χ3n) is 4.32. The first-order valence-electron chi connectivity index (χ1n) is 9.31. The van der Waals surface area contributed by atoms with Crippen LogP contribution >= 0.6 is 46.6 Å². The molecule has 3 aromatic rings. The van der Waals surface area contributed by atoms with Gasteiger partial charge in [0.1, 0.15) is 6.04 Å². The van der Waals surface area contributed by atoms with Gasteiger partial charge in [-0.15, -0.1) is 11.8 Å². The van der Waals surface area contributed by atoms with Crippen LogP contribution in [-0.2, 0) is 22.6 Å². The molecule has 2 amide bonds. The SMILES string of the molecule is O=C(CSc1ccc(Cl)cc1)NC(Cc1ccoc1)C(=O)NCc1ccc(Cl)cc1Cl. The zero-order valence-electron chi connectivity index (χ0n) is 16.2. The van der Waals surface area contributed by atoms with Gasteiger partial charge < -0.3 is 15.1 Å². The Kier molecular flexibility index (Phi) is 8.72. The van der Waals surface area contributed by atoms with Crippen LogP contribution in [0.3, 0.4) is 0 Å². The van der Waals surface area contributed by atoms with Crippen molar-refractivity contribution in [3.8, 4) is 0 Å². The Hall–Kier alpha value is -2.12. The molecule has 5 nitrogen and oxygen atoms in total. The second-order valence-electron chi connectivity index (χ2n) is 6.65. The molecule has 0 aliphatic carbocycles. The predicted octanol–water partition coefficient (Wildman–Crippen LogP) is 5.38. The minimum absolute atomic E-state index is 0.166. The van der Waals surface area contributed by atoms with Crippen LogP contribution in [0.5, 0.6) is 0 Å². The summed E-state index contributed by atoms with van der Waals surface area (Å²) in [5.74, 6) is -0.412. The lowest BCUT2D eigenvalue weighted by Crippen LogP contribution is -2.48. The summed E-state index contributed by atoms with van der Waals surface area (Å²) in [7, 11) is 0. The molecule has 2 N–H and O–H groups in total. The molecule has 1 atom stereocenters. The highest BCUT2D eigenvalue weighted by Gasteiger charge is 2.22. The maximum Gasteiger partial charge on any atom is 0.243 e. The van der Waals surface area contributed by atoms with Crippen LogP contribution in [0.4, 0.5) is 0 Å². The van der Waals surface area contributed by atoms with Gasteiger partial charge in [-0.3, -0.25) is 9.59 Å². The van der Waals surface area contributed by atoms with Crippen molar-refractivity contribution in [1.29, 1.82) is 0 Å². The number of carbonyl (C=O) groups excluding carboxylic acids is 2. The number of carbonyl (C=O) groups is 2. The van der Waals surface area contributed by atoms with E-state index in [-0.39, 0.29) is 24.1 Å². The van der Waals surface area contributed by atoms with Crippen molar-refractivity contribution in [1.82, 2.24) is 10.6 Å². The van der Waals surface area contributed by atoms with E-state index in [0.29, 0.717) is 21.5 Å². The van der Waals surface area contributed by atoms with Gasteiger partial charge in [-0.2, -0.15) is 0 Å². The van der Waals surface area contributed by atoms with Crippen molar-refractivity contribution in [3.63, 3.8) is 0 Å². The summed E-state index contributed by atoms with van der Waals surface area (Å²) in [4.78, 5) is 26.2. The molecule has 0 aliphatic heterocycles. The van der Waals surface area contributed by atoms with Crippen LogP contribution in [0.2, 0.25) is 15.1 Å². The number of furan rings is 1. The number of halogens is 3. The summed E-state index contributed by atoms with van der Waals surface area (Å²) in [6, 6.07) is 13.3. The molecule has 2 aromatic carbocycles. The molecule has 9 heteroatoms. The van der Waals surface area contributed by atoms with Gasteiger partial charge in [0.25, 0.3) is 0 Å². The molecule has 0 radical (unpaired) electrons. The van der Waals surface area contributed by atoms with Gasteiger partial charge in [0.2, 0.25) is 11.8 Å². The first-order valence-corrected chi connectivity index (χ1v) is 11.4. The van der Waals surface area contributed by atoms with Crippen molar-refractivity contribution < 1.29 is 14.0 Å². The van der Waals surface area contributed by atoms with E-state index in [4.69, 9.17) is 39.2 Å². The molecule has 1 heterocycles. The van der Waals surface area contributed by atoms with Crippen molar-refractivity contribution in [3.05, 3.63) is 87.3 Å². The van der Waals surface area contributed by atoms with Crippen LogP contribution < -0.4 is 10.6 Å². The average molecular weight is 498 g/mol. The number of hydrogen-bond acceptors (Lipinski definition) is 4. The van der Waals surface area contributed by atoms with E-state index in [1.54, 1.807) is 42.7 Å². The molecular formula is C22H19Cl3N2O3S. The van der Waals surface area contributed by atoms with E-state index in [2.05, 4.69) is 10.6 Å². The first-order chi connectivity index (χ1) is 14.9. The molecule has 3 rings (SSSR count). The Morgan fingerprint density at radius 1 is 1.00 bits per heavy atom. The smallest absolute Gasteiger partial charge is 0.243 e. The van der Waals surface area contributed by atoms with E-state index in [0.717, 1.165) is 16.0 Å². The Balaban J connectivity index is 1.60. The first kappa shape index (κ1) is 23.5. The van der Waals surface area contributed by atoms with Gasteiger partial charge >= 0.3 is 0 Å². The summed E-state index contributed by atoms with van der Waals surface area (Å²) in [6.07, 6.45) is 3.37. The highest BCUT2D eigenvalue weighted by atomic mass is 35.5. The van der Waals surface area contributed by atoms with Crippen LogP contribution in [0, 0.1) is 0 Å². The highest BCUT2D eigenvalue weighted by molar-refractivity contribution is 8.00. The van der Waals surface area contributed by atoms with Gasteiger partial charge in [0.05, 0.1) is 18.3 Å². The molecule has 1 unspecified atom stereocenters. The third-order valence-corrected chi connectivity index (χ3v) is 6.17. The minimum Gasteiger partial charge on any atom is -0.472 e. The normalized spacial score (nSPS) is 11.7. The Morgan fingerprint density at radius 3 is 2.42 bits per heavy atom. The molecule has 0 saturated carbocycles. The van der Waals surface area contributed by atoms with Gasteiger partial charge in [0, 0.05) is 32.9 Å². The fraction of sp³-hybridized carbons (Fsp3) is 0.182. The Morgan fingerprint density at radius 2 is 1.74 bits per heavy atom. The van der Waals surface area contributed by atoms with E-state index >= 15 is 0 Å². The number of nitrogens with one attached hydrogen (secondary N) is 2. The molecule has 0 saturated heterocycles. The fourth-order valence-electron chi connectivity index (χ4n) is 2.74. The monoisotopic (exact) mass is 496 g/mol. The lowest BCUT2D eigenvalue weighted by atomic mass is 10.1.